The van der Waals surface area contributed by atoms with Crippen LogP contribution < -0.4 is 0 Å². The van der Waals surface area contributed by atoms with Crippen molar-refractivity contribution in [2.75, 3.05) is 19.6 Å². The van der Waals surface area contributed by atoms with Crippen LogP contribution in [0.25, 0.3) is 0 Å². The minimum absolute atomic E-state index is 0.954. The molecule has 0 aliphatic heterocycles. The van der Waals surface area contributed by atoms with E-state index < -0.39 is 0 Å². The fourth-order valence-electron chi connectivity index (χ4n) is 0.927. The second-order valence-electron chi connectivity index (χ2n) is 2.69. The molecule has 0 atom stereocenters. The molecule has 0 rings (SSSR count). The van der Waals surface area contributed by atoms with Crippen LogP contribution in [0.5, 0.6) is 0 Å². The second-order valence-corrected chi connectivity index (χ2v) is 3.46. The van der Waals surface area contributed by atoms with Crippen molar-refractivity contribution in [2.45, 2.75) is 33.6 Å². The van der Waals surface area contributed by atoms with E-state index in [0.717, 1.165) is 24.4 Å². The van der Waals surface area contributed by atoms with Gasteiger partial charge in [0.15, 0.2) is 0 Å². The molecule has 0 aliphatic carbocycles. The zero-order valence-corrected chi connectivity index (χ0v) is 10.1. The molecule has 0 N–H and O–H groups in total. The number of amidine groups is 1. The van der Waals surface area contributed by atoms with Crippen LogP contribution in [0.1, 0.15) is 33.6 Å². The first kappa shape index (κ1) is 12.0. The van der Waals surface area contributed by atoms with E-state index in [-0.39, 0.29) is 0 Å². The van der Waals surface area contributed by atoms with E-state index in [1.54, 1.807) is 0 Å². The fraction of sp³-hybridized carbons (Fsp3) is 0.889. The molecular formula is C9H19N2Se. The summed E-state index contributed by atoms with van der Waals surface area (Å²) >= 11 is 3.01. The van der Waals surface area contributed by atoms with Gasteiger partial charge >= 0.3 is 83.9 Å². The molecule has 0 fully saturated rings. The number of hydrogen-bond donors (Lipinski definition) is 0. The Bertz CT molecular complexity index is 130. The van der Waals surface area contributed by atoms with Gasteiger partial charge in [-0.05, 0) is 0 Å². The minimum atomic E-state index is 0.954. The second kappa shape index (κ2) is 7.63. The molecule has 3 heteroatoms. The molecule has 0 amide bonds. The van der Waals surface area contributed by atoms with Crippen LogP contribution in [0.15, 0.2) is 4.99 Å². The molecule has 0 saturated heterocycles. The van der Waals surface area contributed by atoms with Crippen molar-refractivity contribution in [2.24, 2.45) is 4.99 Å². The van der Waals surface area contributed by atoms with E-state index in [1.807, 2.05) is 0 Å². The SMILES string of the molecule is CCCCN=C([Se])N(CC)CC. The molecule has 0 heterocycles. The van der Waals surface area contributed by atoms with Gasteiger partial charge in [0.2, 0.25) is 0 Å². The molecule has 71 valence electrons. The van der Waals surface area contributed by atoms with Crippen molar-refractivity contribution < 1.29 is 0 Å². The van der Waals surface area contributed by atoms with Crippen LogP contribution in [0.3, 0.4) is 0 Å². The molecule has 0 aromatic carbocycles. The maximum atomic E-state index is 4.44. The van der Waals surface area contributed by atoms with Crippen LogP contribution in [0.2, 0.25) is 0 Å². The molecule has 0 unspecified atom stereocenters. The van der Waals surface area contributed by atoms with E-state index in [0.29, 0.717) is 0 Å². The summed E-state index contributed by atoms with van der Waals surface area (Å²) in [6, 6.07) is 0. The van der Waals surface area contributed by atoms with Gasteiger partial charge in [0.05, 0.1) is 0 Å². The summed E-state index contributed by atoms with van der Waals surface area (Å²) in [5.41, 5.74) is 0. The van der Waals surface area contributed by atoms with Gasteiger partial charge in [0, 0.05) is 0 Å². The molecule has 1 radical (unpaired) electrons. The van der Waals surface area contributed by atoms with Crippen molar-refractivity contribution in [3.05, 3.63) is 0 Å². The maximum absolute atomic E-state index is 4.44. The molecule has 0 aromatic rings. The summed E-state index contributed by atoms with van der Waals surface area (Å²) in [5.74, 6) is 0. The van der Waals surface area contributed by atoms with Gasteiger partial charge in [-0.1, -0.05) is 0 Å². The molecule has 0 aromatic heterocycles. The Kier molecular flexibility index (Phi) is 7.62. The predicted octanol–water partition coefficient (Wildman–Crippen LogP) is 1.65. The normalized spacial score (nSPS) is 11.8. The van der Waals surface area contributed by atoms with Crippen molar-refractivity contribution in [3.63, 3.8) is 0 Å². The first-order valence-corrected chi connectivity index (χ1v) is 5.58. The quantitative estimate of drug-likeness (QED) is 0.306. The number of hydrogen-bond acceptors (Lipinski definition) is 1. The van der Waals surface area contributed by atoms with Gasteiger partial charge in [0.25, 0.3) is 0 Å². The Labute approximate surface area is 84.2 Å². The van der Waals surface area contributed by atoms with Crippen LogP contribution in [0, 0.1) is 0 Å². The predicted molar refractivity (Wildman–Crippen MR) is 55.9 cm³/mol. The first-order chi connectivity index (χ1) is 5.76. The van der Waals surface area contributed by atoms with Crippen LogP contribution in [0.4, 0.5) is 0 Å². The van der Waals surface area contributed by atoms with E-state index >= 15 is 0 Å². The molecule has 0 aliphatic rings. The van der Waals surface area contributed by atoms with Crippen LogP contribution in [-0.2, 0) is 0 Å². The van der Waals surface area contributed by atoms with Crippen LogP contribution >= 0.6 is 0 Å². The topological polar surface area (TPSA) is 15.6 Å². The van der Waals surface area contributed by atoms with Gasteiger partial charge in [0.1, 0.15) is 0 Å². The standard InChI is InChI=1S/C9H19N2Se/c1-4-7-8-10-9(12)11(5-2)6-3/h4-8H2,1-3H3. The summed E-state index contributed by atoms with van der Waals surface area (Å²) in [6.07, 6.45) is 2.40. The van der Waals surface area contributed by atoms with Gasteiger partial charge in [-0.15, -0.1) is 0 Å². The Hall–Kier alpha value is -0.0105. The average molecular weight is 234 g/mol. The zero-order chi connectivity index (χ0) is 9.40. The van der Waals surface area contributed by atoms with E-state index in [2.05, 4.69) is 46.7 Å². The van der Waals surface area contributed by atoms with E-state index in [4.69, 9.17) is 0 Å². The monoisotopic (exact) mass is 235 g/mol. The van der Waals surface area contributed by atoms with E-state index in [1.165, 1.54) is 12.8 Å². The summed E-state index contributed by atoms with van der Waals surface area (Å²) in [6.45, 7) is 9.51. The van der Waals surface area contributed by atoms with Gasteiger partial charge in [-0.2, -0.15) is 0 Å². The number of unbranched alkanes of at least 4 members (excludes halogenated alkanes) is 1. The molecule has 0 saturated carbocycles. The third-order valence-electron chi connectivity index (χ3n) is 1.79. The Balaban J connectivity index is 3.79. The number of nitrogens with zero attached hydrogens (tertiary/aromatic N) is 2. The summed E-state index contributed by atoms with van der Waals surface area (Å²) in [4.78, 5) is 6.67. The van der Waals surface area contributed by atoms with Crippen LogP contribution in [-0.4, -0.2) is 45.3 Å². The van der Waals surface area contributed by atoms with Crippen molar-refractivity contribution in [1.82, 2.24) is 4.90 Å². The summed E-state index contributed by atoms with van der Waals surface area (Å²) in [5, 5.41) is 0. The molecule has 12 heavy (non-hydrogen) atoms. The van der Waals surface area contributed by atoms with Crippen molar-refractivity contribution in [1.29, 1.82) is 0 Å². The van der Waals surface area contributed by atoms with Crippen molar-refractivity contribution >= 4 is 20.7 Å². The Morgan fingerprint density at radius 2 is 1.83 bits per heavy atom. The van der Waals surface area contributed by atoms with Crippen molar-refractivity contribution in [3.8, 4) is 0 Å². The summed E-state index contributed by atoms with van der Waals surface area (Å²) in [7, 11) is 0. The number of aliphatic imine (C=N–C) groups is 1. The molecule has 0 bridgehead atoms. The Morgan fingerprint density at radius 3 is 2.25 bits per heavy atom. The van der Waals surface area contributed by atoms with Gasteiger partial charge in [-0.25, -0.2) is 0 Å². The Morgan fingerprint density at radius 1 is 1.25 bits per heavy atom. The average Bonchev–Trinajstić information content (AvgIpc) is 2.07. The number of rotatable bonds is 5. The molecular weight excluding hydrogens is 215 g/mol. The zero-order valence-electron chi connectivity index (χ0n) is 8.34. The summed E-state index contributed by atoms with van der Waals surface area (Å²) < 4.78 is 1.06. The van der Waals surface area contributed by atoms with E-state index in [9.17, 15) is 0 Å². The molecule has 0 spiro atoms. The molecule has 2 nitrogen and oxygen atoms in total. The van der Waals surface area contributed by atoms with Gasteiger partial charge < -0.3 is 0 Å². The fourth-order valence-corrected chi connectivity index (χ4v) is 1.66. The third-order valence-corrected chi connectivity index (χ3v) is 2.61. The first-order valence-electron chi connectivity index (χ1n) is 4.72. The third kappa shape index (κ3) is 4.78. The van der Waals surface area contributed by atoms with Gasteiger partial charge in [-0.3, -0.25) is 0 Å².